The van der Waals surface area contributed by atoms with Gasteiger partial charge in [-0.15, -0.1) is 0 Å². The van der Waals surface area contributed by atoms with Crippen molar-refractivity contribution in [3.8, 4) is 0 Å². The molecule has 3 N–H and O–H groups in total. The number of rotatable bonds is 41. The van der Waals surface area contributed by atoms with Crippen LogP contribution >= 0.6 is 7.82 Å². The summed E-state index contributed by atoms with van der Waals surface area (Å²) in [7, 11) is -4.28. The summed E-state index contributed by atoms with van der Waals surface area (Å²) in [5.41, 5.74) is 5.36. The Morgan fingerprint density at radius 3 is 1.56 bits per heavy atom. The maximum atomic E-state index is 12.5. The van der Waals surface area contributed by atoms with Crippen LogP contribution in [0.5, 0.6) is 0 Å². The van der Waals surface area contributed by atoms with Crippen LogP contribution in [0.1, 0.15) is 181 Å². The van der Waals surface area contributed by atoms with E-state index in [0.29, 0.717) is 13.0 Å². The number of esters is 1. The van der Waals surface area contributed by atoms with Gasteiger partial charge in [0.25, 0.3) is 0 Å². The highest BCUT2D eigenvalue weighted by atomic mass is 31.2. The van der Waals surface area contributed by atoms with Crippen molar-refractivity contribution in [2.45, 2.75) is 187 Å². The molecule has 0 saturated heterocycles. The lowest BCUT2D eigenvalue weighted by atomic mass is 10.1. The second-order valence-electron chi connectivity index (χ2n) is 14.2. The molecular weight excluding hydrogens is 697 g/mol. The molecule has 0 amide bonds. The van der Waals surface area contributed by atoms with E-state index < -0.39 is 13.9 Å². The third-order valence-electron chi connectivity index (χ3n) is 8.95. The molecule has 0 aliphatic heterocycles. The fourth-order valence-corrected chi connectivity index (χ4v) is 6.55. The molecule has 0 radical (unpaired) electrons. The quantitative estimate of drug-likeness (QED) is 0.0273. The fourth-order valence-electron chi connectivity index (χ4n) is 5.79. The molecule has 0 aromatic carbocycles. The molecule has 0 fully saturated rings. The number of nitrogens with two attached hydrogens (primary N) is 1. The van der Waals surface area contributed by atoms with Crippen LogP contribution in [0.25, 0.3) is 0 Å². The lowest BCUT2D eigenvalue weighted by Crippen LogP contribution is -2.28. The van der Waals surface area contributed by atoms with Crippen LogP contribution in [0, 0.1) is 0 Å². The Morgan fingerprint density at radius 1 is 0.574 bits per heavy atom. The number of carbonyl (C=O) groups excluding carboxylic acids is 1. The number of carbonyl (C=O) groups is 1. The van der Waals surface area contributed by atoms with Gasteiger partial charge in [0.2, 0.25) is 0 Å². The third kappa shape index (κ3) is 41.4. The highest BCUT2D eigenvalue weighted by Gasteiger charge is 2.25. The molecule has 8 nitrogen and oxygen atoms in total. The maximum Gasteiger partial charge on any atom is 0.472 e. The molecule has 0 aromatic heterocycles. The Hall–Kier alpha value is -1.80. The Balaban J connectivity index is 3.98. The van der Waals surface area contributed by atoms with Gasteiger partial charge in [-0.2, -0.15) is 0 Å². The second kappa shape index (κ2) is 42.3. The summed E-state index contributed by atoms with van der Waals surface area (Å²) in [5.74, 6) is -0.336. The van der Waals surface area contributed by atoms with Gasteiger partial charge < -0.3 is 20.1 Å². The molecule has 2 atom stereocenters. The molecule has 0 saturated carbocycles. The summed E-state index contributed by atoms with van der Waals surface area (Å²) < 4.78 is 33.4. The van der Waals surface area contributed by atoms with Gasteiger partial charge in [0.05, 0.1) is 19.8 Å². The molecule has 9 heteroatoms. The number of allylic oxidation sites excluding steroid dienone is 10. The normalized spacial score (nSPS) is 14.1. The van der Waals surface area contributed by atoms with Gasteiger partial charge >= 0.3 is 13.8 Å². The second-order valence-corrected chi connectivity index (χ2v) is 15.6. The molecule has 0 bridgehead atoms. The van der Waals surface area contributed by atoms with Crippen LogP contribution in [0.2, 0.25) is 0 Å². The van der Waals surface area contributed by atoms with E-state index in [1.165, 1.54) is 89.9 Å². The number of phosphoric acid groups is 1. The van der Waals surface area contributed by atoms with Crippen molar-refractivity contribution in [1.29, 1.82) is 0 Å². The zero-order chi connectivity index (χ0) is 39.5. The first-order valence-electron chi connectivity index (χ1n) is 21.8. The lowest BCUT2D eigenvalue weighted by molar-refractivity contribution is -0.154. The zero-order valence-electron chi connectivity index (χ0n) is 34.7. The first-order chi connectivity index (χ1) is 26.4. The molecule has 0 rings (SSSR count). The van der Waals surface area contributed by atoms with Crippen molar-refractivity contribution in [3.05, 3.63) is 60.8 Å². The molecular formula is C45H82NO7P. The van der Waals surface area contributed by atoms with E-state index in [1.807, 2.05) is 0 Å². The van der Waals surface area contributed by atoms with Gasteiger partial charge in [0.1, 0.15) is 6.10 Å². The Morgan fingerprint density at radius 2 is 1.04 bits per heavy atom. The minimum absolute atomic E-state index is 0.0974. The number of unbranched alkanes of at least 4 members (excludes halogenated alkanes) is 18. The average Bonchev–Trinajstić information content (AvgIpc) is 3.16. The standard InChI is InChI=1S/C45H82NO7P/c1-3-5-7-9-11-13-15-16-17-18-19-20-21-22-23-24-25-26-27-29-31-33-35-37-40-50-42-44(43-52-54(48,49)51-41-39-46)53-45(47)38-36-34-32-30-28-14-12-10-8-6-4-2/h5,7,11,13,16-17,19-20,22-23,44H,3-4,6,8-10,12,14-15,18,21,24-43,46H2,1-2H3,(H,48,49)/b7-5-,13-11-,17-16-,20-19-,23-22-. The van der Waals surface area contributed by atoms with Gasteiger partial charge in [0.15, 0.2) is 0 Å². The minimum Gasteiger partial charge on any atom is -0.457 e. The summed E-state index contributed by atoms with van der Waals surface area (Å²) in [4.78, 5) is 22.4. The Bertz CT molecular complexity index is 1010. The number of ether oxygens (including phenoxy) is 2. The monoisotopic (exact) mass is 780 g/mol. The molecule has 314 valence electrons. The van der Waals surface area contributed by atoms with E-state index in [4.69, 9.17) is 24.3 Å². The largest absolute Gasteiger partial charge is 0.472 e. The zero-order valence-corrected chi connectivity index (χ0v) is 35.6. The van der Waals surface area contributed by atoms with Crippen LogP contribution in [0.15, 0.2) is 60.8 Å². The van der Waals surface area contributed by atoms with Gasteiger partial charge in [-0.05, 0) is 57.8 Å². The molecule has 2 unspecified atom stereocenters. The number of hydrogen-bond acceptors (Lipinski definition) is 7. The first-order valence-corrected chi connectivity index (χ1v) is 23.3. The highest BCUT2D eigenvalue weighted by molar-refractivity contribution is 7.47. The van der Waals surface area contributed by atoms with Gasteiger partial charge in [-0.1, -0.05) is 177 Å². The van der Waals surface area contributed by atoms with Crippen molar-refractivity contribution < 1.29 is 32.8 Å². The topological polar surface area (TPSA) is 117 Å². The van der Waals surface area contributed by atoms with Crippen LogP contribution in [-0.2, 0) is 27.9 Å². The third-order valence-corrected chi connectivity index (χ3v) is 9.93. The van der Waals surface area contributed by atoms with Crippen LogP contribution < -0.4 is 5.73 Å². The van der Waals surface area contributed by atoms with Crippen molar-refractivity contribution in [3.63, 3.8) is 0 Å². The summed E-state index contributed by atoms with van der Waals surface area (Å²) in [6, 6.07) is 0. The van der Waals surface area contributed by atoms with E-state index in [1.54, 1.807) is 0 Å². The summed E-state index contributed by atoms with van der Waals surface area (Å²) in [5, 5.41) is 0. The minimum atomic E-state index is -4.28. The van der Waals surface area contributed by atoms with E-state index >= 15 is 0 Å². The summed E-state index contributed by atoms with van der Waals surface area (Å²) in [6.45, 7) is 4.78. The van der Waals surface area contributed by atoms with Crippen molar-refractivity contribution in [2.24, 2.45) is 5.73 Å². The van der Waals surface area contributed by atoms with Crippen LogP contribution in [0.3, 0.4) is 0 Å². The van der Waals surface area contributed by atoms with Crippen LogP contribution in [-0.4, -0.2) is 49.9 Å². The Kier molecular flexibility index (Phi) is 40.9. The molecule has 0 aliphatic carbocycles. The molecule has 54 heavy (non-hydrogen) atoms. The predicted molar refractivity (Wildman–Crippen MR) is 229 cm³/mol. The molecule has 0 aliphatic rings. The number of hydrogen-bond donors (Lipinski definition) is 2. The smallest absolute Gasteiger partial charge is 0.457 e. The van der Waals surface area contributed by atoms with E-state index in [0.717, 1.165) is 70.6 Å². The van der Waals surface area contributed by atoms with Crippen molar-refractivity contribution in [1.82, 2.24) is 0 Å². The first kappa shape index (κ1) is 52.2. The highest BCUT2D eigenvalue weighted by Crippen LogP contribution is 2.43. The average molecular weight is 780 g/mol. The lowest BCUT2D eigenvalue weighted by Gasteiger charge is -2.20. The molecule has 0 spiro atoms. The molecule has 0 heterocycles. The van der Waals surface area contributed by atoms with E-state index in [-0.39, 0.29) is 32.3 Å². The Labute approximate surface area is 332 Å². The summed E-state index contributed by atoms with van der Waals surface area (Å²) in [6.07, 6.45) is 51.0. The van der Waals surface area contributed by atoms with E-state index in [9.17, 15) is 14.3 Å². The maximum absolute atomic E-state index is 12.5. The SMILES string of the molecule is CC/C=C\C/C=C\C/C=C\C/C=C\C/C=C\CCCCCCCCCCOCC(COP(=O)(O)OCCN)OC(=O)CCCCCCCCCCCCC. The van der Waals surface area contributed by atoms with Crippen LogP contribution in [0.4, 0.5) is 0 Å². The number of phosphoric ester groups is 1. The fraction of sp³-hybridized carbons (Fsp3) is 0.756. The summed E-state index contributed by atoms with van der Waals surface area (Å²) >= 11 is 0. The van der Waals surface area contributed by atoms with Crippen molar-refractivity contribution >= 4 is 13.8 Å². The predicted octanol–water partition coefficient (Wildman–Crippen LogP) is 13.0. The van der Waals surface area contributed by atoms with Gasteiger partial charge in [0, 0.05) is 19.6 Å². The molecule has 0 aromatic rings. The van der Waals surface area contributed by atoms with Gasteiger partial charge in [-0.3, -0.25) is 13.8 Å². The van der Waals surface area contributed by atoms with Crippen molar-refractivity contribution in [2.75, 3.05) is 33.0 Å². The van der Waals surface area contributed by atoms with E-state index in [2.05, 4.69) is 74.6 Å². The van der Waals surface area contributed by atoms with Gasteiger partial charge in [-0.25, -0.2) is 4.57 Å².